The number of amides is 1. The largest absolute Gasteiger partial charge is 0.459 e. The quantitative estimate of drug-likeness (QED) is 0.0260. The van der Waals surface area contributed by atoms with Crippen LogP contribution in [0.2, 0.25) is 0 Å². The number of aliphatic hydroxyl groups excluding tert-OH is 3. The van der Waals surface area contributed by atoms with E-state index in [2.05, 4.69) is 24.8 Å². The van der Waals surface area contributed by atoms with Crippen molar-refractivity contribution < 1.29 is 58.3 Å². The smallest absolute Gasteiger partial charge is 0.415 e. The Bertz CT molecular complexity index is 2440. The molecule has 2 heterocycles. The van der Waals surface area contributed by atoms with Crippen LogP contribution in [0.15, 0.2) is 127 Å². The van der Waals surface area contributed by atoms with Gasteiger partial charge in [-0.25, -0.2) is 4.79 Å². The molecular formula is C55H65N3O13. The number of hydrogen-bond acceptors (Lipinski definition) is 14. The standard InChI is InChI=1S/C55H65N3O13/c1-2-31-67-55-50(57(27-33-65-34-30-61)54(62)69-43-23-19-41(20-24-43)58(63)64)37-48(56-71-51-16-8-11-32-66-51)46-35-40(14-6-9-28-59)45(15-7-10-29-60)52(53(46)55)47-36-44(25-26-49(47)70-55)68-42-21-17-39(18-22-42)38-12-4-3-5-13-38/h2-5,12-13,17-26,35-36,40,45,50-53,59-61H,1,6-11,14-16,27-34,37H2/t40-,45+,50-,51?,52+,53+,55+/m0/s1. The second-order valence-electron chi connectivity index (χ2n) is 18.3. The molecule has 71 heavy (non-hydrogen) atoms. The highest BCUT2D eigenvalue weighted by Gasteiger charge is 2.66. The first-order chi connectivity index (χ1) is 34.8. The average molecular weight is 976 g/mol. The Labute approximate surface area is 414 Å². The molecule has 0 aromatic heterocycles. The van der Waals surface area contributed by atoms with Gasteiger partial charge in [-0.2, -0.15) is 0 Å². The van der Waals surface area contributed by atoms with Crippen molar-refractivity contribution in [3.05, 3.63) is 137 Å². The fourth-order valence-corrected chi connectivity index (χ4v) is 10.6. The Morgan fingerprint density at radius 3 is 2.31 bits per heavy atom. The second kappa shape index (κ2) is 24.8. The lowest BCUT2D eigenvalue weighted by atomic mass is 9.55. The van der Waals surface area contributed by atoms with E-state index in [4.69, 9.17) is 38.4 Å². The molecule has 0 radical (unpaired) electrons. The molecule has 2 aliphatic carbocycles. The van der Waals surface area contributed by atoms with Crippen molar-refractivity contribution in [1.29, 1.82) is 0 Å². The van der Waals surface area contributed by atoms with Gasteiger partial charge in [0.2, 0.25) is 12.1 Å². The van der Waals surface area contributed by atoms with Crippen LogP contribution in [0, 0.1) is 27.9 Å². The Kier molecular flexibility index (Phi) is 17.9. The Morgan fingerprint density at radius 2 is 1.61 bits per heavy atom. The molecule has 7 atom stereocenters. The maximum Gasteiger partial charge on any atom is 0.415 e. The number of nitro groups is 1. The van der Waals surface area contributed by atoms with Crippen LogP contribution in [0.1, 0.15) is 75.7 Å². The summed E-state index contributed by atoms with van der Waals surface area (Å²) in [6, 6.07) is 28.1. The van der Waals surface area contributed by atoms with Crippen molar-refractivity contribution >= 4 is 17.5 Å². The van der Waals surface area contributed by atoms with Gasteiger partial charge in [-0.15, -0.1) is 6.58 Å². The van der Waals surface area contributed by atoms with Crippen LogP contribution in [0.4, 0.5) is 10.5 Å². The molecule has 4 aromatic rings. The summed E-state index contributed by atoms with van der Waals surface area (Å²) < 4.78 is 38.9. The molecule has 0 bridgehead atoms. The summed E-state index contributed by atoms with van der Waals surface area (Å²) in [7, 11) is 0. The minimum atomic E-state index is -1.62. The van der Waals surface area contributed by atoms with Gasteiger partial charge >= 0.3 is 6.09 Å². The fourth-order valence-electron chi connectivity index (χ4n) is 10.6. The summed E-state index contributed by atoms with van der Waals surface area (Å²) in [5.74, 6) is -0.824. The molecular weight excluding hydrogens is 911 g/mol. The monoisotopic (exact) mass is 975 g/mol. The number of carbonyl (C=O) groups is 1. The van der Waals surface area contributed by atoms with E-state index in [-0.39, 0.29) is 81.8 Å². The minimum Gasteiger partial charge on any atom is -0.459 e. The van der Waals surface area contributed by atoms with Gasteiger partial charge in [0.25, 0.3) is 5.69 Å². The zero-order valence-corrected chi connectivity index (χ0v) is 40.1. The van der Waals surface area contributed by atoms with Crippen LogP contribution < -0.4 is 14.2 Å². The number of aliphatic hydroxyl groups is 3. The van der Waals surface area contributed by atoms with E-state index in [9.17, 15) is 30.2 Å². The van der Waals surface area contributed by atoms with Gasteiger partial charge in [-0.3, -0.25) is 15.0 Å². The van der Waals surface area contributed by atoms with Gasteiger partial charge in [-0.05, 0) is 110 Å². The molecule has 1 unspecified atom stereocenters. The van der Waals surface area contributed by atoms with Crippen molar-refractivity contribution in [2.75, 3.05) is 52.8 Å². The third kappa shape index (κ3) is 12.1. The summed E-state index contributed by atoms with van der Waals surface area (Å²) >= 11 is 0. The topological polar surface area (TPSA) is 201 Å². The van der Waals surface area contributed by atoms with Crippen LogP contribution in [0.5, 0.6) is 23.0 Å². The molecule has 1 saturated heterocycles. The fraction of sp³-hybridized carbons (Fsp3) is 0.455. The van der Waals surface area contributed by atoms with Crippen LogP contribution in [0.3, 0.4) is 0 Å². The lowest BCUT2D eigenvalue weighted by Gasteiger charge is -2.59. The third-order valence-electron chi connectivity index (χ3n) is 13.8. The number of benzene rings is 4. The Balaban J connectivity index is 1.29. The molecule has 4 aromatic carbocycles. The van der Waals surface area contributed by atoms with E-state index in [1.165, 1.54) is 29.2 Å². The normalized spacial score (nSPS) is 23.9. The zero-order valence-electron chi connectivity index (χ0n) is 40.1. The van der Waals surface area contributed by atoms with Gasteiger partial charge in [0.1, 0.15) is 29.0 Å². The van der Waals surface area contributed by atoms with Crippen LogP contribution >= 0.6 is 0 Å². The molecule has 3 N–H and O–H groups in total. The van der Waals surface area contributed by atoms with Gasteiger partial charge < -0.3 is 48.6 Å². The maximum atomic E-state index is 14.9. The number of hydrogen-bond donors (Lipinski definition) is 3. The summed E-state index contributed by atoms with van der Waals surface area (Å²) in [4.78, 5) is 33.7. The molecule has 378 valence electrons. The number of nitrogens with zero attached hydrogens (tertiary/aromatic N) is 3. The third-order valence-corrected chi connectivity index (χ3v) is 13.8. The first-order valence-corrected chi connectivity index (χ1v) is 24.9. The van der Waals surface area contributed by atoms with Crippen LogP contribution in [-0.2, 0) is 19.0 Å². The van der Waals surface area contributed by atoms with Crippen molar-refractivity contribution in [3.63, 3.8) is 0 Å². The molecule has 4 aliphatic rings. The lowest BCUT2D eigenvalue weighted by Crippen LogP contribution is -2.70. The zero-order chi connectivity index (χ0) is 49.6. The molecule has 2 fully saturated rings. The minimum absolute atomic E-state index is 0.0000283. The van der Waals surface area contributed by atoms with E-state index in [1.54, 1.807) is 6.08 Å². The summed E-state index contributed by atoms with van der Waals surface area (Å²) in [5.41, 5.74) is 4.27. The van der Waals surface area contributed by atoms with Crippen molar-refractivity contribution in [2.45, 2.75) is 88.2 Å². The summed E-state index contributed by atoms with van der Waals surface area (Å²) in [6.45, 7) is 4.43. The van der Waals surface area contributed by atoms with Gasteiger partial charge in [0.05, 0.1) is 49.6 Å². The maximum absolute atomic E-state index is 14.9. The van der Waals surface area contributed by atoms with Gasteiger partial charge in [0, 0.05) is 56.2 Å². The molecule has 1 amide bonds. The van der Waals surface area contributed by atoms with Crippen molar-refractivity contribution in [1.82, 2.24) is 4.90 Å². The number of rotatable bonds is 24. The number of nitro benzene ring substituents is 1. The van der Waals surface area contributed by atoms with E-state index in [1.807, 2.05) is 60.7 Å². The second-order valence-corrected chi connectivity index (χ2v) is 18.3. The molecule has 16 nitrogen and oxygen atoms in total. The summed E-state index contributed by atoms with van der Waals surface area (Å²) in [5, 5.41) is 46.2. The number of allylic oxidation sites excluding steroid dienone is 1. The molecule has 8 rings (SSSR count). The number of non-ortho nitro benzene ring substituents is 1. The predicted octanol–water partition coefficient (Wildman–Crippen LogP) is 9.72. The van der Waals surface area contributed by atoms with Gasteiger partial charge in [0.15, 0.2) is 0 Å². The Hall–Kier alpha value is -6.14. The molecule has 2 aliphatic heterocycles. The van der Waals surface area contributed by atoms with Crippen molar-refractivity contribution in [3.8, 4) is 34.1 Å². The Morgan fingerprint density at radius 1 is 0.873 bits per heavy atom. The predicted molar refractivity (Wildman–Crippen MR) is 265 cm³/mol. The number of oxime groups is 1. The first-order valence-electron chi connectivity index (χ1n) is 24.9. The highest BCUT2D eigenvalue weighted by atomic mass is 16.8. The summed E-state index contributed by atoms with van der Waals surface area (Å²) in [6.07, 6.45) is 9.27. The van der Waals surface area contributed by atoms with E-state index >= 15 is 0 Å². The molecule has 0 spiro atoms. The van der Waals surface area contributed by atoms with Crippen LogP contribution in [0.25, 0.3) is 11.1 Å². The van der Waals surface area contributed by atoms with E-state index in [0.29, 0.717) is 48.8 Å². The van der Waals surface area contributed by atoms with Crippen LogP contribution in [-0.4, -0.2) is 108 Å². The van der Waals surface area contributed by atoms with Gasteiger partial charge in [-0.1, -0.05) is 72.6 Å². The highest BCUT2D eigenvalue weighted by molar-refractivity contribution is 6.03. The molecule has 16 heteroatoms. The average Bonchev–Trinajstić information content (AvgIpc) is 3.39. The number of unbranched alkanes of at least 4 members (excludes halogenated alkanes) is 2. The molecule has 1 saturated carbocycles. The van der Waals surface area contributed by atoms with E-state index in [0.717, 1.165) is 60.8 Å². The number of ether oxygens (including phenoxy) is 6. The first kappa shape index (κ1) is 51.2. The SMILES string of the molecule is C=CCO[C@@]12Oc3ccc(Oc4ccc(-c5ccccc5)cc4)cc3[C@H]3[C@H](CCCCO)[C@@H](CCCCO)C=C(C(=NOC4CCCCO4)C[C@@H]1N(CCOCCO)C(=O)Oc1ccc([N+](=O)[O-])cc1)[C@H]32. The number of fused-ring (bicyclic) bond motifs is 2. The van der Waals surface area contributed by atoms with Crippen molar-refractivity contribution in [2.24, 2.45) is 22.9 Å². The number of carbonyl (C=O) groups excluding carboxylic acids is 1. The lowest BCUT2D eigenvalue weighted by molar-refractivity contribution is -0.384. The highest BCUT2D eigenvalue weighted by Crippen LogP contribution is 2.62. The van der Waals surface area contributed by atoms with E-state index < -0.39 is 35.1 Å².